The van der Waals surface area contributed by atoms with Crippen molar-refractivity contribution >= 4 is 0 Å². The third-order valence-corrected chi connectivity index (χ3v) is 0. The Morgan fingerprint density at radius 3 is 0.600 bits per heavy atom. The van der Waals surface area contributed by atoms with E-state index in [1.54, 1.807) is 0 Å². The molecule has 1 radical (unpaired) electrons. The van der Waals surface area contributed by atoms with E-state index in [1.807, 2.05) is 0 Å². The average molecular weight is 384 g/mol. The van der Waals surface area contributed by atoms with E-state index in [1.165, 1.54) is 0 Å². The van der Waals surface area contributed by atoms with Gasteiger partial charge >= 0.3 is 33.9 Å². The summed E-state index contributed by atoms with van der Waals surface area (Å²) in [7, 11) is 0. The average Bonchev–Trinajstić information content (AvgIpc) is 1.81. The fourth-order valence-corrected chi connectivity index (χ4v) is 0. The summed E-state index contributed by atoms with van der Waals surface area (Å²) >= 11 is 0. The van der Waals surface area contributed by atoms with Crippen molar-refractivity contribution < 1.29 is 51.4 Å². The van der Waals surface area contributed by atoms with Crippen LogP contribution in [0.3, 0.4) is 0 Å². The maximum Gasteiger partial charge on any atom is 0 e. The molecule has 0 saturated carbocycles. The minimum absolute atomic E-state index is 0. The van der Waals surface area contributed by atoms with E-state index in [0.717, 1.165) is 0 Å². The molecule has 0 rings (SSSR count). The molecule has 0 aliphatic carbocycles. The molecule has 0 heterocycles. The van der Waals surface area contributed by atoms with Gasteiger partial charge in [-0.05, 0) is 0 Å². The molecule has 0 spiro atoms. The molecule has 6 N–H and O–H groups in total. The third kappa shape index (κ3) is 5510. The van der Waals surface area contributed by atoms with E-state index in [2.05, 4.69) is 20.0 Å². The van der Waals surface area contributed by atoms with E-state index in [9.17, 15) is 0 Å². The zero-order valence-corrected chi connectivity index (χ0v) is 9.20. The molecule has 0 saturated heterocycles. The number of halogens is 1. The predicted molar refractivity (Wildman–Crippen MR) is 21.8 cm³/mol. The van der Waals surface area contributed by atoms with Crippen LogP contribution in [0.25, 0.3) is 0 Å². The minimum Gasteiger partial charge on any atom is 0 e. The van der Waals surface area contributed by atoms with Gasteiger partial charge in [-0.25, -0.2) is 0 Å². The van der Waals surface area contributed by atoms with Crippen LogP contribution in [0.5, 0.6) is 0 Å². The molecule has 5 nitrogen and oxygen atoms in total. The van der Waals surface area contributed by atoms with Gasteiger partial charge in [0.1, 0.15) is 0 Å². The van der Waals surface area contributed by atoms with Crippen LogP contribution in [0.15, 0.2) is 0 Å². The Balaban J connectivity index is -0.00000000225. The van der Waals surface area contributed by atoms with E-state index < -0.39 is 0 Å². The molecule has 10 heavy (non-hydrogen) atoms. The summed E-state index contributed by atoms with van der Waals surface area (Å²) in [6.45, 7) is 13.5. The number of hydrogen-bond donors (Lipinski definition) is 2. The van der Waals surface area contributed by atoms with Crippen LogP contribution in [-0.2, 0) is 34.4 Å². The Bertz CT molecular complexity index is 50.2. The Morgan fingerprint density at radius 2 is 0.600 bits per heavy atom. The van der Waals surface area contributed by atoms with Crippen LogP contribution in [0.1, 0.15) is 0 Å². The molecule has 0 bridgehead atoms. The zero-order valence-electron chi connectivity index (χ0n) is 4.89. The van der Waals surface area contributed by atoms with Crippen molar-refractivity contribution in [1.82, 2.24) is 12.3 Å². The Morgan fingerprint density at radius 1 is 0.600 bits per heavy atom. The van der Waals surface area contributed by atoms with E-state index in [0.29, 0.717) is 0 Å². The summed E-state index contributed by atoms with van der Waals surface area (Å²) in [5.74, 6) is 0. The van der Waals surface area contributed by atoms with Gasteiger partial charge in [0.15, 0.2) is 0 Å². The largest absolute Gasteiger partial charge is 0 e. The standard InChI is InChI=1S/3CO.BrH.2H3N.Re/c3*1-2;;;;/h;;;1H;2*1H3;/p-1. The van der Waals surface area contributed by atoms with Crippen molar-refractivity contribution in [1.29, 1.82) is 0 Å². The Labute approximate surface area is 83.7 Å². The molecule has 61 valence electrons. The molecule has 0 fully saturated rings. The third-order valence-electron chi connectivity index (χ3n) is 0. The zero-order chi connectivity index (χ0) is 6.00. The molecule has 0 atom stereocenters. The quantitative estimate of drug-likeness (QED) is 0.346. The number of hydrogen-bond acceptors (Lipinski definition) is 2. The van der Waals surface area contributed by atoms with Gasteiger partial charge < -0.3 is 29.3 Å². The van der Waals surface area contributed by atoms with Crippen molar-refractivity contribution in [3.8, 4) is 0 Å². The van der Waals surface area contributed by atoms with Gasteiger partial charge in [0.2, 0.25) is 0 Å². The smallest absolute Gasteiger partial charge is 0 e. The van der Waals surface area contributed by atoms with Crippen molar-refractivity contribution in [2.45, 2.75) is 0 Å². The second-order valence-corrected chi connectivity index (χ2v) is 0. The van der Waals surface area contributed by atoms with Gasteiger partial charge in [0.05, 0.1) is 0 Å². The molecular weight excluding hydrogens is 378 g/mol. The topological polar surface area (TPSA) is 130 Å². The maximum absolute atomic E-state index is 7.50. The first-order chi connectivity index (χ1) is 3.00. The first-order valence-corrected chi connectivity index (χ1v) is 0.612. The van der Waals surface area contributed by atoms with Crippen molar-refractivity contribution in [2.75, 3.05) is 0 Å². The Hall–Kier alpha value is 0.282. The van der Waals surface area contributed by atoms with Gasteiger partial charge in [-0.2, -0.15) is 0 Å². The first-order valence-electron chi connectivity index (χ1n) is 0.612. The molecule has 0 aliphatic rings. The van der Waals surface area contributed by atoms with Crippen molar-refractivity contribution in [3.63, 3.8) is 0 Å². The monoisotopic (exact) mass is 384 g/mol. The molecule has 0 aromatic carbocycles. The normalized spacial score (nSPS) is 0.600. The number of rotatable bonds is 0. The predicted octanol–water partition coefficient (Wildman–Crippen LogP) is -2.79. The molecule has 0 aliphatic heterocycles. The van der Waals surface area contributed by atoms with Crippen LogP contribution in [0.4, 0.5) is 0 Å². The SMILES string of the molecule is N.N.[Br-].[C-]#[O+].[C-]#[O+].[C-]#[O+].[Re]. The fraction of sp³-hybridized carbons (Fsp3) is 0. The second kappa shape index (κ2) is 7990. The van der Waals surface area contributed by atoms with E-state index in [4.69, 9.17) is 14.0 Å². The van der Waals surface area contributed by atoms with Crippen LogP contribution in [0, 0.1) is 20.0 Å². The summed E-state index contributed by atoms with van der Waals surface area (Å²) in [4.78, 5) is 0. The van der Waals surface area contributed by atoms with Crippen LogP contribution >= 0.6 is 0 Å². The molecular formula is C3H6BrN2O3Re-. The van der Waals surface area contributed by atoms with Gasteiger partial charge in [-0.1, -0.05) is 0 Å². The summed E-state index contributed by atoms with van der Waals surface area (Å²) in [5, 5.41) is 0. The summed E-state index contributed by atoms with van der Waals surface area (Å²) in [6, 6.07) is 0. The van der Waals surface area contributed by atoms with Crippen molar-refractivity contribution in [2.24, 2.45) is 0 Å². The molecule has 0 unspecified atom stereocenters. The van der Waals surface area contributed by atoms with Gasteiger partial charge in [-0.3, -0.25) is 0 Å². The first kappa shape index (κ1) is 82.2. The van der Waals surface area contributed by atoms with Crippen LogP contribution in [0.2, 0.25) is 0 Å². The molecule has 7 heteroatoms. The van der Waals surface area contributed by atoms with Gasteiger partial charge in [-0.15, -0.1) is 0 Å². The molecule has 0 aromatic heterocycles. The van der Waals surface area contributed by atoms with Crippen molar-refractivity contribution in [3.05, 3.63) is 20.0 Å². The summed E-state index contributed by atoms with van der Waals surface area (Å²) in [5.41, 5.74) is 0. The van der Waals surface area contributed by atoms with E-state index in [-0.39, 0.29) is 49.7 Å². The maximum atomic E-state index is 7.50. The molecule has 0 aromatic rings. The van der Waals surface area contributed by atoms with Crippen LogP contribution in [-0.4, -0.2) is 0 Å². The molecule has 0 amide bonds. The fourth-order valence-electron chi connectivity index (χ4n) is 0. The van der Waals surface area contributed by atoms with Crippen LogP contribution < -0.4 is 29.3 Å². The minimum atomic E-state index is 0. The summed E-state index contributed by atoms with van der Waals surface area (Å²) in [6.07, 6.45) is 0. The summed E-state index contributed by atoms with van der Waals surface area (Å²) < 4.78 is 22.5. The van der Waals surface area contributed by atoms with E-state index >= 15 is 0 Å². The van der Waals surface area contributed by atoms with Gasteiger partial charge in [0.25, 0.3) is 0 Å². The second-order valence-electron chi connectivity index (χ2n) is 0. The van der Waals surface area contributed by atoms with Gasteiger partial charge in [0, 0.05) is 20.4 Å². The Kier molecular flexibility index (Phi) is 65700.